The van der Waals surface area contributed by atoms with Crippen LogP contribution in [-0.4, -0.2) is 28.2 Å². The van der Waals surface area contributed by atoms with Gasteiger partial charge in [0.05, 0.1) is 27.8 Å². The van der Waals surface area contributed by atoms with Crippen molar-refractivity contribution in [2.24, 2.45) is 7.05 Å². The number of rotatable bonds is 5. The van der Waals surface area contributed by atoms with E-state index in [1.54, 1.807) is 0 Å². The molecule has 0 unspecified atom stereocenters. The third-order valence-corrected chi connectivity index (χ3v) is 8.74. The SMILES string of the molecule is Cn1c(-c2ccc3c4cc(-n5cccc5)ccc4n(-c4cccc(-c5ccccn5)c4)c3c2)nc2cc(-n3cccc3)ccc21. The summed E-state index contributed by atoms with van der Waals surface area (Å²) in [6.07, 6.45) is 10.1. The minimum atomic E-state index is 0.934. The van der Waals surface area contributed by atoms with Gasteiger partial charge in [-0.15, -0.1) is 0 Å². The van der Waals surface area contributed by atoms with Crippen LogP contribution in [0.1, 0.15) is 0 Å². The lowest BCUT2D eigenvalue weighted by atomic mass is 10.1. The molecule has 5 aromatic heterocycles. The zero-order valence-electron chi connectivity index (χ0n) is 24.6. The van der Waals surface area contributed by atoms with Crippen molar-refractivity contribution in [3.05, 3.63) is 152 Å². The van der Waals surface area contributed by atoms with Crippen LogP contribution in [0, 0.1) is 0 Å². The fourth-order valence-corrected chi connectivity index (χ4v) is 6.54. The maximum absolute atomic E-state index is 5.15. The number of nitrogens with zero attached hydrogens (tertiary/aromatic N) is 6. The summed E-state index contributed by atoms with van der Waals surface area (Å²) in [5.41, 5.74) is 10.8. The quantitative estimate of drug-likeness (QED) is 0.204. The van der Waals surface area contributed by atoms with E-state index in [9.17, 15) is 0 Å². The first-order chi connectivity index (χ1) is 22.2. The van der Waals surface area contributed by atoms with Crippen molar-refractivity contribution >= 4 is 32.8 Å². The highest BCUT2D eigenvalue weighted by Gasteiger charge is 2.17. The van der Waals surface area contributed by atoms with Gasteiger partial charge in [-0.1, -0.05) is 30.3 Å². The molecule has 0 saturated carbocycles. The fraction of sp³-hybridized carbons (Fsp3) is 0.0256. The van der Waals surface area contributed by atoms with Gasteiger partial charge in [0, 0.05) is 77.0 Å². The van der Waals surface area contributed by atoms with Gasteiger partial charge in [0.2, 0.25) is 0 Å². The molecule has 6 heteroatoms. The molecule has 214 valence electrons. The maximum Gasteiger partial charge on any atom is 0.140 e. The normalized spacial score (nSPS) is 11.7. The van der Waals surface area contributed by atoms with Gasteiger partial charge < -0.3 is 18.3 Å². The molecule has 0 radical (unpaired) electrons. The van der Waals surface area contributed by atoms with E-state index >= 15 is 0 Å². The highest BCUT2D eigenvalue weighted by atomic mass is 15.1. The molecule has 9 aromatic rings. The Bertz CT molecular complexity index is 2480. The second-order valence-corrected chi connectivity index (χ2v) is 11.4. The Morgan fingerprint density at radius 1 is 0.511 bits per heavy atom. The first-order valence-electron chi connectivity index (χ1n) is 15.0. The zero-order valence-corrected chi connectivity index (χ0v) is 24.6. The topological polar surface area (TPSA) is 45.5 Å². The zero-order chi connectivity index (χ0) is 29.9. The van der Waals surface area contributed by atoms with Gasteiger partial charge in [-0.25, -0.2) is 4.98 Å². The average Bonchev–Trinajstić information content (AvgIpc) is 3.91. The van der Waals surface area contributed by atoms with Crippen molar-refractivity contribution in [3.63, 3.8) is 0 Å². The van der Waals surface area contributed by atoms with Crippen molar-refractivity contribution < 1.29 is 0 Å². The summed E-state index contributed by atoms with van der Waals surface area (Å²) in [5, 5.41) is 2.40. The number of fused-ring (bicyclic) bond motifs is 4. The summed E-state index contributed by atoms with van der Waals surface area (Å²) in [6, 6.07) is 42.8. The molecular formula is C39H28N6. The van der Waals surface area contributed by atoms with Crippen LogP contribution in [0.2, 0.25) is 0 Å². The van der Waals surface area contributed by atoms with Gasteiger partial charge in [0.15, 0.2) is 0 Å². The Balaban J connectivity index is 1.26. The molecule has 0 fully saturated rings. The van der Waals surface area contributed by atoms with Crippen LogP contribution >= 0.6 is 0 Å². The van der Waals surface area contributed by atoms with Gasteiger partial charge in [-0.3, -0.25) is 4.98 Å². The van der Waals surface area contributed by atoms with E-state index in [4.69, 9.17) is 4.98 Å². The van der Waals surface area contributed by atoms with E-state index in [-0.39, 0.29) is 0 Å². The monoisotopic (exact) mass is 580 g/mol. The smallest absolute Gasteiger partial charge is 0.140 e. The number of aromatic nitrogens is 6. The van der Waals surface area contributed by atoms with Crippen LogP contribution in [0.4, 0.5) is 0 Å². The average molecular weight is 581 g/mol. The molecule has 45 heavy (non-hydrogen) atoms. The number of benzene rings is 4. The predicted octanol–water partition coefficient (Wildman–Crippen LogP) is 8.98. The molecule has 5 heterocycles. The molecule has 0 spiro atoms. The number of hydrogen-bond donors (Lipinski definition) is 0. The summed E-state index contributed by atoms with van der Waals surface area (Å²) >= 11 is 0. The van der Waals surface area contributed by atoms with Crippen molar-refractivity contribution in [3.8, 4) is 39.7 Å². The number of aryl methyl sites for hydroxylation is 1. The predicted molar refractivity (Wildman–Crippen MR) is 182 cm³/mol. The molecule has 0 bridgehead atoms. The van der Waals surface area contributed by atoms with E-state index in [1.165, 1.54) is 10.8 Å². The van der Waals surface area contributed by atoms with Crippen molar-refractivity contribution in [2.75, 3.05) is 0 Å². The van der Waals surface area contributed by atoms with Crippen LogP contribution in [0.3, 0.4) is 0 Å². The molecule has 0 aliphatic heterocycles. The Kier molecular flexibility index (Phi) is 5.62. The first kappa shape index (κ1) is 25.4. The van der Waals surface area contributed by atoms with Gasteiger partial charge in [0.25, 0.3) is 0 Å². The van der Waals surface area contributed by atoms with Gasteiger partial charge in [-0.2, -0.15) is 0 Å². The summed E-state index contributed by atoms with van der Waals surface area (Å²) in [7, 11) is 2.10. The van der Waals surface area contributed by atoms with Crippen LogP contribution in [0.5, 0.6) is 0 Å². The molecule has 0 atom stereocenters. The molecule has 0 aliphatic carbocycles. The molecule has 0 N–H and O–H groups in total. The standard InChI is InChI=1S/C39H28N6/c1-42-37-17-14-30(44-21-6-7-22-44)26-35(37)41-39(42)28-12-15-32-33-25-29(43-19-4-5-20-43)13-16-36(33)45(38(32)24-28)31-10-8-9-27(23-31)34-11-2-3-18-40-34/h2-26H,1H3. The molecule has 6 nitrogen and oxygen atoms in total. The Hall–Kier alpha value is -6.14. The van der Waals surface area contributed by atoms with E-state index in [2.05, 4.69) is 152 Å². The van der Waals surface area contributed by atoms with Crippen LogP contribution in [0.15, 0.2) is 152 Å². The fourth-order valence-electron chi connectivity index (χ4n) is 6.54. The molecular weight excluding hydrogens is 552 g/mol. The van der Waals surface area contributed by atoms with Crippen molar-refractivity contribution in [2.45, 2.75) is 0 Å². The summed E-state index contributed by atoms with van der Waals surface area (Å²) in [5.74, 6) is 0.934. The Labute approximate surface area is 259 Å². The first-order valence-corrected chi connectivity index (χ1v) is 15.0. The summed E-state index contributed by atoms with van der Waals surface area (Å²) in [6.45, 7) is 0. The van der Waals surface area contributed by atoms with Crippen molar-refractivity contribution in [1.82, 2.24) is 28.2 Å². The number of imidazole rings is 1. The maximum atomic E-state index is 5.15. The third kappa shape index (κ3) is 4.11. The highest BCUT2D eigenvalue weighted by Crippen LogP contribution is 2.37. The Morgan fingerprint density at radius 3 is 2.02 bits per heavy atom. The molecule has 9 rings (SSSR count). The van der Waals surface area contributed by atoms with Crippen LogP contribution in [-0.2, 0) is 7.05 Å². The molecule has 0 amide bonds. The molecule has 0 aliphatic rings. The highest BCUT2D eigenvalue weighted by molar-refractivity contribution is 6.11. The second-order valence-electron chi connectivity index (χ2n) is 11.4. The largest absolute Gasteiger partial charge is 0.327 e. The minimum absolute atomic E-state index is 0.934. The second kappa shape index (κ2) is 9.96. The van der Waals surface area contributed by atoms with Crippen LogP contribution in [0.25, 0.3) is 72.5 Å². The van der Waals surface area contributed by atoms with E-state index < -0.39 is 0 Å². The number of hydrogen-bond acceptors (Lipinski definition) is 2. The molecule has 0 saturated heterocycles. The summed E-state index contributed by atoms with van der Waals surface area (Å²) < 4.78 is 8.82. The lowest BCUT2D eigenvalue weighted by Gasteiger charge is -2.11. The third-order valence-electron chi connectivity index (χ3n) is 8.74. The van der Waals surface area contributed by atoms with Gasteiger partial charge >= 0.3 is 0 Å². The van der Waals surface area contributed by atoms with Gasteiger partial charge in [0.1, 0.15) is 5.82 Å². The van der Waals surface area contributed by atoms with E-state index in [0.717, 1.165) is 61.8 Å². The van der Waals surface area contributed by atoms with Crippen molar-refractivity contribution in [1.29, 1.82) is 0 Å². The van der Waals surface area contributed by atoms with Crippen LogP contribution < -0.4 is 0 Å². The summed E-state index contributed by atoms with van der Waals surface area (Å²) in [4.78, 5) is 9.76. The van der Waals surface area contributed by atoms with E-state index in [1.807, 2.05) is 30.5 Å². The van der Waals surface area contributed by atoms with Gasteiger partial charge in [-0.05, 0) is 91.0 Å². The Morgan fingerprint density at radius 2 is 1.27 bits per heavy atom. The number of pyridine rings is 1. The molecule has 4 aromatic carbocycles. The minimum Gasteiger partial charge on any atom is -0.327 e. The lowest BCUT2D eigenvalue weighted by molar-refractivity contribution is 0.959. The van der Waals surface area contributed by atoms with E-state index in [0.29, 0.717) is 0 Å². The lowest BCUT2D eigenvalue weighted by Crippen LogP contribution is -1.96.